The normalized spacial score (nSPS) is 10.9. The van der Waals surface area contributed by atoms with Crippen LogP contribution >= 0.6 is 0 Å². The molecule has 0 saturated heterocycles. The van der Waals surface area contributed by atoms with Gasteiger partial charge in [-0.15, -0.1) is 0 Å². The summed E-state index contributed by atoms with van der Waals surface area (Å²) >= 11 is 0. The van der Waals surface area contributed by atoms with Gasteiger partial charge in [-0.1, -0.05) is 42.5 Å². The van der Waals surface area contributed by atoms with Crippen LogP contribution in [0.3, 0.4) is 0 Å². The van der Waals surface area contributed by atoms with E-state index in [9.17, 15) is 9.59 Å². The molecule has 0 heterocycles. The van der Waals surface area contributed by atoms with E-state index in [0.29, 0.717) is 24.6 Å². The number of carbonyl (C=O) groups excluding carboxylic acids is 2. The van der Waals surface area contributed by atoms with Crippen LogP contribution in [0.15, 0.2) is 59.6 Å². The van der Waals surface area contributed by atoms with Crippen molar-refractivity contribution in [3.63, 3.8) is 0 Å². The first-order valence-electron chi connectivity index (χ1n) is 9.18. The number of benzene rings is 2. The second kappa shape index (κ2) is 11.4. The van der Waals surface area contributed by atoms with Gasteiger partial charge in [-0.05, 0) is 29.7 Å². The maximum Gasteiger partial charge on any atom is 0.251 e. The molecule has 7 nitrogen and oxygen atoms in total. The lowest BCUT2D eigenvalue weighted by atomic mass is 10.1. The third-order valence-corrected chi connectivity index (χ3v) is 4.09. The van der Waals surface area contributed by atoms with Gasteiger partial charge in [0.05, 0.1) is 6.54 Å². The predicted octanol–water partition coefficient (Wildman–Crippen LogP) is 1.07. The highest BCUT2D eigenvalue weighted by Gasteiger charge is 2.05. The van der Waals surface area contributed by atoms with Gasteiger partial charge in [-0.25, -0.2) is 0 Å². The molecule has 28 heavy (non-hydrogen) atoms. The molecule has 0 aromatic heterocycles. The van der Waals surface area contributed by atoms with Crippen LogP contribution in [0.1, 0.15) is 21.5 Å². The number of amides is 2. The van der Waals surface area contributed by atoms with Crippen molar-refractivity contribution in [3.8, 4) is 0 Å². The van der Waals surface area contributed by atoms with Crippen molar-refractivity contribution in [3.05, 3.63) is 71.3 Å². The third kappa shape index (κ3) is 7.11. The molecule has 0 unspecified atom stereocenters. The van der Waals surface area contributed by atoms with Crippen LogP contribution in [0.5, 0.6) is 0 Å². The minimum absolute atomic E-state index is 0.103. The molecular formula is C21H27N5O2. The molecule has 0 bridgehead atoms. The Morgan fingerprint density at radius 2 is 1.68 bits per heavy atom. The summed E-state index contributed by atoms with van der Waals surface area (Å²) in [7, 11) is 3.27. The molecule has 0 saturated carbocycles. The number of nitrogens with one attached hydrogen (secondary N) is 4. The smallest absolute Gasteiger partial charge is 0.251 e. The average molecular weight is 381 g/mol. The monoisotopic (exact) mass is 381 g/mol. The summed E-state index contributed by atoms with van der Waals surface area (Å²) in [5.74, 6) is 0.344. The van der Waals surface area contributed by atoms with Gasteiger partial charge in [0.25, 0.3) is 5.91 Å². The summed E-state index contributed by atoms with van der Waals surface area (Å²) < 4.78 is 0. The van der Waals surface area contributed by atoms with E-state index >= 15 is 0 Å². The molecule has 0 spiro atoms. The largest absolute Gasteiger partial charge is 0.356 e. The molecule has 4 N–H and O–H groups in total. The number of hydrogen-bond donors (Lipinski definition) is 4. The minimum atomic E-state index is -0.106. The maximum absolute atomic E-state index is 12.0. The van der Waals surface area contributed by atoms with Gasteiger partial charge in [-0.3, -0.25) is 14.6 Å². The Hall–Kier alpha value is -3.35. The number of guanidine groups is 1. The molecule has 148 valence electrons. The van der Waals surface area contributed by atoms with Crippen LogP contribution in [0.25, 0.3) is 0 Å². The van der Waals surface area contributed by atoms with Gasteiger partial charge in [-0.2, -0.15) is 0 Å². The van der Waals surface area contributed by atoms with Gasteiger partial charge in [0.1, 0.15) is 0 Å². The van der Waals surface area contributed by atoms with Gasteiger partial charge >= 0.3 is 0 Å². The van der Waals surface area contributed by atoms with Gasteiger partial charge in [0.15, 0.2) is 5.96 Å². The molecule has 0 aliphatic rings. The van der Waals surface area contributed by atoms with Crippen LogP contribution in [-0.4, -0.2) is 45.0 Å². The van der Waals surface area contributed by atoms with E-state index in [2.05, 4.69) is 26.3 Å². The molecule has 0 aliphatic heterocycles. The summed E-state index contributed by atoms with van der Waals surface area (Å²) in [5.41, 5.74) is 2.74. The van der Waals surface area contributed by atoms with Crippen molar-refractivity contribution < 1.29 is 9.59 Å². The summed E-state index contributed by atoms with van der Waals surface area (Å²) in [6.07, 6.45) is 0.728. The predicted molar refractivity (Wildman–Crippen MR) is 111 cm³/mol. The van der Waals surface area contributed by atoms with Gasteiger partial charge in [0, 0.05) is 32.7 Å². The van der Waals surface area contributed by atoms with Crippen molar-refractivity contribution >= 4 is 17.8 Å². The van der Waals surface area contributed by atoms with E-state index in [0.717, 1.165) is 17.5 Å². The Bertz CT molecular complexity index is 805. The average Bonchev–Trinajstić information content (AvgIpc) is 2.75. The lowest BCUT2D eigenvalue weighted by Gasteiger charge is -2.12. The van der Waals surface area contributed by atoms with Gasteiger partial charge in [0.2, 0.25) is 5.91 Å². The first-order valence-corrected chi connectivity index (χ1v) is 9.18. The Labute approximate surface area is 165 Å². The lowest BCUT2D eigenvalue weighted by molar-refractivity contribution is -0.120. The van der Waals surface area contributed by atoms with E-state index < -0.39 is 0 Å². The van der Waals surface area contributed by atoms with Crippen molar-refractivity contribution in [1.82, 2.24) is 21.3 Å². The lowest BCUT2D eigenvalue weighted by Crippen LogP contribution is -2.43. The number of rotatable bonds is 8. The highest BCUT2D eigenvalue weighted by atomic mass is 16.2. The molecule has 0 radical (unpaired) electrons. The molecule has 0 fully saturated rings. The topological polar surface area (TPSA) is 94.6 Å². The van der Waals surface area contributed by atoms with E-state index in [-0.39, 0.29) is 18.4 Å². The molecule has 2 aromatic carbocycles. The van der Waals surface area contributed by atoms with Crippen LogP contribution < -0.4 is 21.3 Å². The van der Waals surface area contributed by atoms with Crippen molar-refractivity contribution in [1.29, 1.82) is 0 Å². The van der Waals surface area contributed by atoms with E-state index in [4.69, 9.17) is 0 Å². The molecular weight excluding hydrogens is 354 g/mol. The number of hydrogen-bond acceptors (Lipinski definition) is 3. The molecule has 2 amide bonds. The van der Waals surface area contributed by atoms with Crippen molar-refractivity contribution in [2.45, 2.75) is 13.0 Å². The third-order valence-electron chi connectivity index (χ3n) is 4.09. The minimum Gasteiger partial charge on any atom is -0.356 e. The molecule has 2 aromatic rings. The van der Waals surface area contributed by atoms with E-state index in [1.807, 2.05) is 48.5 Å². The molecule has 0 atom stereocenters. The van der Waals surface area contributed by atoms with Crippen molar-refractivity contribution in [2.24, 2.45) is 4.99 Å². The number of nitrogens with zero attached hydrogens (tertiary/aromatic N) is 1. The molecule has 2 rings (SSSR count). The standard InChI is InChI=1S/C21H27N5O2/c1-22-20(28)18-10-6-9-16(13-18)11-12-24-21(23-2)26-15-19(27)25-14-17-7-4-3-5-8-17/h3-10,13H,11-12,14-15H2,1-2H3,(H,22,28)(H,25,27)(H2,23,24,26). The summed E-state index contributed by atoms with van der Waals surface area (Å²) in [6, 6.07) is 17.2. The summed E-state index contributed by atoms with van der Waals surface area (Å²) in [6.45, 7) is 1.26. The van der Waals surface area contributed by atoms with Gasteiger partial charge < -0.3 is 21.3 Å². The second-order valence-electron chi connectivity index (χ2n) is 6.14. The Morgan fingerprint density at radius 3 is 2.39 bits per heavy atom. The van der Waals surface area contributed by atoms with E-state index in [1.165, 1.54) is 0 Å². The quantitative estimate of drug-likeness (QED) is 0.406. The Morgan fingerprint density at radius 1 is 0.929 bits per heavy atom. The first kappa shape index (κ1) is 21.0. The maximum atomic E-state index is 12.0. The van der Waals surface area contributed by atoms with Crippen LogP contribution in [0.4, 0.5) is 0 Å². The zero-order valence-corrected chi connectivity index (χ0v) is 16.3. The van der Waals surface area contributed by atoms with E-state index in [1.54, 1.807) is 20.2 Å². The number of aliphatic imine (C=N–C) groups is 1. The number of carbonyl (C=O) groups is 2. The highest BCUT2D eigenvalue weighted by Crippen LogP contribution is 2.05. The SMILES string of the molecule is CN=C(NCCc1cccc(C(=O)NC)c1)NCC(=O)NCc1ccccc1. The first-order chi connectivity index (χ1) is 13.6. The Kier molecular flexibility index (Phi) is 8.52. The van der Waals surface area contributed by atoms with Crippen LogP contribution in [-0.2, 0) is 17.8 Å². The summed E-state index contributed by atoms with van der Waals surface area (Å²) in [5, 5.41) is 11.6. The fourth-order valence-corrected chi connectivity index (χ4v) is 2.58. The van der Waals surface area contributed by atoms with Crippen LogP contribution in [0.2, 0.25) is 0 Å². The second-order valence-corrected chi connectivity index (χ2v) is 6.14. The van der Waals surface area contributed by atoms with Crippen molar-refractivity contribution in [2.75, 3.05) is 27.2 Å². The molecule has 7 heteroatoms. The summed E-state index contributed by atoms with van der Waals surface area (Å²) in [4.78, 5) is 27.8. The van der Waals surface area contributed by atoms with Crippen LogP contribution in [0, 0.1) is 0 Å². The zero-order chi connectivity index (χ0) is 20.2. The fraction of sp³-hybridized carbons (Fsp3) is 0.286. The fourth-order valence-electron chi connectivity index (χ4n) is 2.58. The zero-order valence-electron chi connectivity index (χ0n) is 16.3. The highest BCUT2D eigenvalue weighted by molar-refractivity contribution is 5.94. The molecule has 0 aliphatic carbocycles. The Balaban J connectivity index is 1.71.